The van der Waals surface area contributed by atoms with Gasteiger partial charge in [-0.1, -0.05) is 89.6 Å². The van der Waals surface area contributed by atoms with Crippen LogP contribution < -0.4 is 11.5 Å². The van der Waals surface area contributed by atoms with E-state index >= 15 is 0 Å². The fraction of sp³-hybridized carbons (Fsp3) is 0.467. The van der Waals surface area contributed by atoms with Gasteiger partial charge in [0.05, 0.1) is 0 Å². The normalized spacial score (nSPS) is 21.6. The van der Waals surface area contributed by atoms with Crippen molar-refractivity contribution in [2.45, 2.75) is 73.1 Å². The van der Waals surface area contributed by atoms with Crippen LogP contribution in [-0.4, -0.2) is 0 Å². The van der Waals surface area contributed by atoms with Gasteiger partial charge in [-0.25, -0.2) is 0 Å². The first-order chi connectivity index (χ1) is 15.1. The Labute approximate surface area is 195 Å². The molecule has 0 fully saturated rings. The summed E-state index contributed by atoms with van der Waals surface area (Å²) in [5.41, 5.74) is 19.8. The third kappa shape index (κ3) is 6.28. The number of para-hydroxylation sites is 2. The Morgan fingerprint density at radius 2 is 1.41 bits per heavy atom. The van der Waals surface area contributed by atoms with E-state index in [1.54, 1.807) is 0 Å². The first-order valence-corrected chi connectivity index (χ1v) is 12.2. The Kier molecular flexibility index (Phi) is 7.54. The van der Waals surface area contributed by atoms with Crippen molar-refractivity contribution < 1.29 is 0 Å². The maximum absolute atomic E-state index is 6.09. The summed E-state index contributed by atoms with van der Waals surface area (Å²) in [5, 5.41) is 0. The Bertz CT molecular complexity index is 978. The minimum atomic E-state index is 0.263. The molecule has 4 N–H and O–H groups in total. The van der Waals surface area contributed by atoms with Crippen LogP contribution in [0, 0.1) is 16.7 Å². The van der Waals surface area contributed by atoms with Gasteiger partial charge in [0.15, 0.2) is 0 Å². The predicted molar refractivity (Wildman–Crippen MR) is 142 cm³/mol. The lowest BCUT2D eigenvalue weighted by molar-refractivity contribution is 0.229. The van der Waals surface area contributed by atoms with Crippen molar-refractivity contribution in [3.63, 3.8) is 0 Å². The van der Waals surface area contributed by atoms with Crippen LogP contribution in [-0.2, 0) is 0 Å². The van der Waals surface area contributed by atoms with Gasteiger partial charge in [-0.05, 0) is 72.1 Å². The summed E-state index contributed by atoms with van der Waals surface area (Å²) in [4.78, 5) is 0. The summed E-state index contributed by atoms with van der Waals surface area (Å²) >= 11 is 0. The number of allylic oxidation sites excluding steroid dienone is 4. The molecule has 1 unspecified atom stereocenters. The van der Waals surface area contributed by atoms with Crippen molar-refractivity contribution in [3.8, 4) is 0 Å². The molecule has 4 rings (SSSR count). The first kappa shape index (κ1) is 24.2. The van der Waals surface area contributed by atoms with Gasteiger partial charge in [-0.2, -0.15) is 0 Å². The molecule has 2 aromatic rings. The van der Waals surface area contributed by atoms with Gasteiger partial charge in [0, 0.05) is 22.5 Å². The number of rotatable bonds is 3. The molecular formula is C30H42N2. The number of anilines is 2. The molecule has 0 saturated heterocycles. The zero-order valence-electron chi connectivity index (χ0n) is 20.7. The van der Waals surface area contributed by atoms with Gasteiger partial charge in [0.1, 0.15) is 0 Å². The highest BCUT2D eigenvalue weighted by Crippen LogP contribution is 2.48. The van der Waals surface area contributed by atoms with Crippen LogP contribution in [0.1, 0.15) is 84.3 Å². The standard InChI is InChI=1S/C16H23N.C14H19N/c1-15(2)9-12(10-16(3,4)11-15)13-7-5-6-8-14(13)17;1-2-11-7-9-12(10-8-11)13-5-3-4-6-14(13)15/h5-9H,10-11,17H2,1-4H3;3-6,9,11H,2,7-8,10,15H2,1H3. The third-order valence-electron chi connectivity index (χ3n) is 6.88. The molecular weight excluding hydrogens is 388 g/mol. The molecule has 1 atom stereocenters. The number of hydrogen-bond acceptors (Lipinski definition) is 2. The molecule has 0 radical (unpaired) electrons. The second kappa shape index (κ2) is 9.98. The van der Waals surface area contributed by atoms with Crippen LogP contribution in [0.5, 0.6) is 0 Å². The van der Waals surface area contributed by atoms with Gasteiger partial charge < -0.3 is 11.5 Å². The summed E-state index contributed by atoms with van der Waals surface area (Å²) in [6, 6.07) is 16.4. The summed E-state index contributed by atoms with van der Waals surface area (Å²) in [6.07, 6.45) is 12.2. The maximum atomic E-state index is 6.09. The summed E-state index contributed by atoms with van der Waals surface area (Å²) < 4.78 is 0. The minimum absolute atomic E-state index is 0.263. The van der Waals surface area contributed by atoms with Crippen LogP contribution in [0.4, 0.5) is 11.4 Å². The number of benzene rings is 2. The maximum Gasteiger partial charge on any atom is 0.0390 e. The number of hydrogen-bond donors (Lipinski definition) is 2. The van der Waals surface area contributed by atoms with E-state index in [0.29, 0.717) is 5.41 Å². The van der Waals surface area contributed by atoms with E-state index in [1.807, 2.05) is 24.3 Å². The fourth-order valence-electron chi connectivity index (χ4n) is 5.64. The highest BCUT2D eigenvalue weighted by molar-refractivity contribution is 5.76. The smallest absolute Gasteiger partial charge is 0.0390 e. The summed E-state index contributed by atoms with van der Waals surface area (Å²) in [7, 11) is 0. The summed E-state index contributed by atoms with van der Waals surface area (Å²) in [5.74, 6) is 0.888. The van der Waals surface area contributed by atoms with E-state index < -0.39 is 0 Å². The van der Waals surface area contributed by atoms with Crippen LogP contribution in [0.15, 0.2) is 60.7 Å². The van der Waals surface area contributed by atoms with Crippen LogP contribution >= 0.6 is 0 Å². The fourth-order valence-corrected chi connectivity index (χ4v) is 5.64. The van der Waals surface area contributed by atoms with E-state index in [4.69, 9.17) is 11.5 Å². The van der Waals surface area contributed by atoms with Gasteiger partial charge in [0.25, 0.3) is 0 Å². The first-order valence-electron chi connectivity index (χ1n) is 12.2. The Balaban J connectivity index is 0.000000182. The largest absolute Gasteiger partial charge is 0.398 e. The third-order valence-corrected chi connectivity index (χ3v) is 6.88. The van der Waals surface area contributed by atoms with E-state index in [0.717, 1.165) is 23.7 Å². The van der Waals surface area contributed by atoms with Crippen molar-refractivity contribution in [2.75, 3.05) is 11.5 Å². The Morgan fingerprint density at radius 3 is 1.88 bits per heavy atom. The van der Waals surface area contributed by atoms with Gasteiger partial charge in [-0.3, -0.25) is 0 Å². The Morgan fingerprint density at radius 1 is 0.844 bits per heavy atom. The van der Waals surface area contributed by atoms with Crippen molar-refractivity contribution in [2.24, 2.45) is 16.7 Å². The van der Waals surface area contributed by atoms with Crippen molar-refractivity contribution >= 4 is 22.5 Å². The van der Waals surface area contributed by atoms with Gasteiger partial charge in [0.2, 0.25) is 0 Å². The molecule has 0 heterocycles. The molecule has 0 saturated carbocycles. The van der Waals surface area contributed by atoms with Crippen LogP contribution in [0.3, 0.4) is 0 Å². The zero-order chi connectivity index (χ0) is 23.4. The average molecular weight is 431 g/mol. The highest BCUT2D eigenvalue weighted by Gasteiger charge is 2.33. The molecule has 0 spiro atoms. The molecule has 2 aromatic carbocycles. The second-order valence-corrected chi connectivity index (χ2v) is 11.1. The average Bonchev–Trinajstić information content (AvgIpc) is 2.73. The van der Waals surface area contributed by atoms with E-state index in [1.165, 1.54) is 54.4 Å². The monoisotopic (exact) mass is 430 g/mol. The van der Waals surface area contributed by atoms with Gasteiger partial charge in [-0.15, -0.1) is 0 Å². The van der Waals surface area contributed by atoms with E-state index in [2.05, 4.69) is 71.0 Å². The predicted octanol–water partition coefficient (Wildman–Crippen LogP) is 8.36. The van der Waals surface area contributed by atoms with Crippen molar-refractivity contribution in [1.82, 2.24) is 0 Å². The molecule has 2 nitrogen and oxygen atoms in total. The number of nitrogens with two attached hydrogens (primary N) is 2. The SMILES string of the molecule is CC1(C)C=C(c2ccccc2N)CC(C)(C)C1.CCC1CC=C(c2ccccc2N)CC1. The van der Waals surface area contributed by atoms with Crippen LogP contribution in [0.2, 0.25) is 0 Å². The lowest BCUT2D eigenvalue weighted by Gasteiger charge is -2.39. The highest BCUT2D eigenvalue weighted by atomic mass is 14.6. The summed E-state index contributed by atoms with van der Waals surface area (Å²) in [6.45, 7) is 11.6. The molecule has 0 bridgehead atoms. The van der Waals surface area contributed by atoms with E-state index in [9.17, 15) is 0 Å². The van der Waals surface area contributed by atoms with Crippen molar-refractivity contribution in [1.29, 1.82) is 0 Å². The molecule has 172 valence electrons. The minimum Gasteiger partial charge on any atom is -0.398 e. The molecule has 0 amide bonds. The lowest BCUT2D eigenvalue weighted by atomic mass is 9.66. The van der Waals surface area contributed by atoms with E-state index in [-0.39, 0.29) is 5.41 Å². The molecule has 2 heteroatoms. The molecule has 0 aliphatic heterocycles. The zero-order valence-corrected chi connectivity index (χ0v) is 20.7. The quantitative estimate of drug-likeness (QED) is 0.481. The lowest BCUT2D eigenvalue weighted by Crippen LogP contribution is -2.26. The van der Waals surface area contributed by atoms with Crippen LogP contribution in [0.25, 0.3) is 11.1 Å². The second-order valence-electron chi connectivity index (χ2n) is 11.1. The number of nitrogen functional groups attached to an aromatic ring is 2. The topological polar surface area (TPSA) is 52.0 Å². The molecule has 2 aliphatic rings. The molecule has 0 aromatic heterocycles. The van der Waals surface area contributed by atoms with Gasteiger partial charge >= 0.3 is 0 Å². The molecule has 2 aliphatic carbocycles. The molecule has 32 heavy (non-hydrogen) atoms. The Hall–Kier alpha value is -2.48. The van der Waals surface area contributed by atoms with Crippen molar-refractivity contribution in [3.05, 3.63) is 71.8 Å².